The van der Waals surface area contributed by atoms with E-state index in [2.05, 4.69) is 15.6 Å². The van der Waals surface area contributed by atoms with Crippen molar-refractivity contribution < 1.29 is 13.2 Å². The van der Waals surface area contributed by atoms with Gasteiger partial charge in [-0.2, -0.15) is 23.4 Å². The number of aryl methyl sites for hydroxylation is 1. The molecule has 0 saturated heterocycles. The van der Waals surface area contributed by atoms with E-state index in [0.717, 1.165) is 11.6 Å². The van der Waals surface area contributed by atoms with Gasteiger partial charge in [-0.3, -0.25) is 5.43 Å². The number of benzene rings is 2. The van der Waals surface area contributed by atoms with Gasteiger partial charge in [0.1, 0.15) is 5.15 Å². The molecule has 2 aromatic carbocycles. The summed E-state index contributed by atoms with van der Waals surface area (Å²) in [5, 5.41) is 9.24. The summed E-state index contributed by atoms with van der Waals surface area (Å²) < 4.78 is 40.7. The first kappa shape index (κ1) is 20.2. The van der Waals surface area contributed by atoms with Crippen molar-refractivity contribution in [2.45, 2.75) is 19.6 Å². The number of halogens is 5. The minimum atomic E-state index is -4.48. The first-order valence-electron chi connectivity index (χ1n) is 8.18. The Morgan fingerprint density at radius 3 is 2.46 bits per heavy atom. The maximum absolute atomic E-state index is 13.0. The van der Waals surface area contributed by atoms with E-state index in [9.17, 15) is 13.2 Å². The molecule has 0 aliphatic rings. The highest BCUT2D eigenvalue weighted by atomic mass is 35.5. The molecule has 0 fully saturated rings. The maximum Gasteiger partial charge on any atom is 0.418 e. The van der Waals surface area contributed by atoms with Gasteiger partial charge in [-0.1, -0.05) is 47.5 Å². The largest absolute Gasteiger partial charge is 0.418 e. The lowest BCUT2D eigenvalue weighted by molar-refractivity contribution is -0.136. The Balaban J connectivity index is 1.78. The molecule has 1 heterocycles. The highest BCUT2D eigenvalue weighted by Gasteiger charge is 2.33. The zero-order valence-electron chi connectivity index (χ0n) is 14.6. The van der Waals surface area contributed by atoms with E-state index in [1.54, 1.807) is 23.7 Å². The Morgan fingerprint density at radius 1 is 1.11 bits per heavy atom. The fourth-order valence-electron chi connectivity index (χ4n) is 2.58. The summed E-state index contributed by atoms with van der Waals surface area (Å²) in [5.74, 6) is 0. The first-order chi connectivity index (χ1) is 13.3. The van der Waals surface area contributed by atoms with Gasteiger partial charge in [0.25, 0.3) is 0 Å². The fraction of sp³-hybridized carbons (Fsp3) is 0.158. The Kier molecular flexibility index (Phi) is 5.96. The van der Waals surface area contributed by atoms with Crippen molar-refractivity contribution >= 4 is 35.1 Å². The molecular weight excluding hydrogens is 412 g/mol. The van der Waals surface area contributed by atoms with Crippen molar-refractivity contribution in [1.82, 2.24) is 9.78 Å². The van der Waals surface area contributed by atoms with Gasteiger partial charge in [0.05, 0.1) is 35.3 Å². The van der Waals surface area contributed by atoms with E-state index in [4.69, 9.17) is 23.2 Å². The van der Waals surface area contributed by atoms with Crippen LogP contribution in [0.5, 0.6) is 0 Å². The van der Waals surface area contributed by atoms with Crippen molar-refractivity contribution in [1.29, 1.82) is 0 Å². The molecule has 0 aliphatic heterocycles. The molecule has 0 spiro atoms. The van der Waals surface area contributed by atoms with Crippen LogP contribution in [0, 0.1) is 6.92 Å². The molecule has 0 aliphatic carbocycles. The summed E-state index contributed by atoms with van der Waals surface area (Å²) in [5.41, 5.74) is 3.56. The van der Waals surface area contributed by atoms with Gasteiger partial charge in [-0.15, -0.1) is 0 Å². The zero-order chi connectivity index (χ0) is 20.3. The molecule has 1 aromatic heterocycles. The average molecular weight is 427 g/mol. The third-order valence-corrected chi connectivity index (χ3v) is 4.62. The summed E-state index contributed by atoms with van der Waals surface area (Å²) in [4.78, 5) is 0. The number of hydrazone groups is 1. The second-order valence-corrected chi connectivity index (χ2v) is 6.78. The monoisotopic (exact) mass is 426 g/mol. The minimum Gasteiger partial charge on any atom is -0.278 e. The van der Waals surface area contributed by atoms with Gasteiger partial charge in [0.15, 0.2) is 0 Å². The van der Waals surface area contributed by atoms with Crippen molar-refractivity contribution in [2.75, 3.05) is 5.43 Å². The second kappa shape index (κ2) is 8.24. The van der Waals surface area contributed by atoms with Crippen LogP contribution in [-0.2, 0) is 12.7 Å². The van der Waals surface area contributed by atoms with E-state index >= 15 is 0 Å². The molecule has 146 valence electrons. The SMILES string of the molecule is Cc1nn(Cc2ccc(Cl)cc2)c(Cl)c1C=NNc1ccccc1C(F)(F)F. The lowest BCUT2D eigenvalue weighted by atomic mass is 10.2. The molecule has 0 atom stereocenters. The highest BCUT2D eigenvalue weighted by Crippen LogP contribution is 2.34. The zero-order valence-corrected chi connectivity index (χ0v) is 16.1. The van der Waals surface area contributed by atoms with Gasteiger partial charge >= 0.3 is 6.18 Å². The number of hydrogen-bond donors (Lipinski definition) is 1. The van der Waals surface area contributed by atoms with Crippen LogP contribution in [0.1, 0.15) is 22.4 Å². The number of rotatable bonds is 5. The van der Waals surface area contributed by atoms with Crippen LogP contribution >= 0.6 is 23.2 Å². The molecule has 0 bridgehead atoms. The summed E-state index contributed by atoms with van der Waals surface area (Å²) in [6.45, 7) is 2.17. The standard InChI is InChI=1S/C19H15Cl2F3N4/c1-12-15(10-25-26-17-5-3-2-4-16(17)19(22,23)24)18(21)28(27-12)11-13-6-8-14(20)9-7-13/h2-10,26H,11H2,1H3. The van der Waals surface area contributed by atoms with Crippen LogP contribution in [0.2, 0.25) is 10.2 Å². The van der Waals surface area contributed by atoms with Crippen LogP contribution in [0.25, 0.3) is 0 Å². The quantitative estimate of drug-likeness (QED) is 0.400. The second-order valence-electron chi connectivity index (χ2n) is 5.99. The molecular formula is C19H15Cl2F3N4. The van der Waals surface area contributed by atoms with Crippen LogP contribution < -0.4 is 5.43 Å². The molecule has 3 aromatic rings. The van der Waals surface area contributed by atoms with E-state index in [0.29, 0.717) is 28.0 Å². The smallest absolute Gasteiger partial charge is 0.278 e. The molecule has 0 amide bonds. The third kappa shape index (κ3) is 4.66. The number of anilines is 1. The predicted molar refractivity (Wildman–Crippen MR) is 105 cm³/mol. The lowest BCUT2D eigenvalue weighted by Gasteiger charge is -2.11. The van der Waals surface area contributed by atoms with Crippen LogP contribution in [0.15, 0.2) is 53.6 Å². The van der Waals surface area contributed by atoms with Crippen LogP contribution in [0.3, 0.4) is 0 Å². The number of nitrogens with one attached hydrogen (secondary N) is 1. The molecule has 4 nitrogen and oxygen atoms in total. The fourth-order valence-corrected chi connectivity index (χ4v) is 2.98. The molecule has 3 rings (SSSR count). The number of nitrogens with zero attached hydrogens (tertiary/aromatic N) is 3. The lowest BCUT2D eigenvalue weighted by Crippen LogP contribution is -2.08. The van der Waals surface area contributed by atoms with Crippen LogP contribution in [-0.4, -0.2) is 16.0 Å². The Labute approximate surface area is 169 Å². The molecule has 28 heavy (non-hydrogen) atoms. The Bertz CT molecular complexity index is 995. The number of aromatic nitrogens is 2. The predicted octanol–water partition coefficient (Wildman–Crippen LogP) is 6.01. The Morgan fingerprint density at radius 2 is 1.79 bits per heavy atom. The summed E-state index contributed by atoms with van der Waals surface area (Å²) in [7, 11) is 0. The molecule has 9 heteroatoms. The van der Waals surface area contributed by atoms with E-state index in [-0.39, 0.29) is 5.69 Å². The summed E-state index contributed by atoms with van der Waals surface area (Å²) >= 11 is 12.3. The van der Waals surface area contributed by atoms with Crippen molar-refractivity contribution in [3.05, 3.63) is 81.1 Å². The average Bonchev–Trinajstić information content (AvgIpc) is 2.90. The normalized spacial score (nSPS) is 11.9. The van der Waals surface area contributed by atoms with E-state index in [1.165, 1.54) is 24.4 Å². The van der Waals surface area contributed by atoms with Gasteiger partial charge < -0.3 is 0 Å². The maximum atomic E-state index is 13.0. The van der Waals surface area contributed by atoms with Crippen molar-refractivity contribution in [2.24, 2.45) is 5.10 Å². The van der Waals surface area contributed by atoms with E-state index < -0.39 is 11.7 Å². The van der Waals surface area contributed by atoms with Crippen molar-refractivity contribution in [3.8, 4) is 0 Å². The van der Waals surface area contributed by atoms with E-state index in [1.807, 2.05) is 12.1 Å². The number of alkyl halides is 3. The third-order valence-electron chi connectivity index (χ3n) is 3.97. The molecule has 0 radical (unpaired) electrons. The van der Waals surface area contributed by atoms with Gasteiger partial charge in [0, 0.05) is 5.02 Å². The summed E-state index contributed by atoms with van der Waals surface area (Å²) in [6.07, 6.45) is -3.12. The van der Waals surface area contributed by atoms with Crippen molar-refractivity contribution in [3.63, 3.8) is 0 Å². The molecule has 1 N–H and O–H groups in total. The molecule has 0 saturated carbocycles. The number of hydrogen-bond acceptors (Lipinski definition) is 3. The van der Waals surface area contributed by atoms with Gasteiger partial charge in [-0.05, 0) is 36.8 Å². The van der Waals surface area contributed by atoms with Gasteiger partial charge in [-0.25, -0.2) is 4.68 Å². The van der Waals surface area contributed by atoms with Gasteiger partial charge in [0.2, 0.25) is 0 Å². The Hall–Kier alpha value is -2.51. The first-order valence-corrected chi connectivity index (χ1v) is 8.94. The highest BCUT2D eigenvalue weighted by molar-refractivity contribution is 6.32. The number of para-hydroxylation sites is 1. The summed E-state index contributed by atoms with van der Waals surface area (Å²) in [6, 6.07) is 12.4. The molecule has 0 unspecified atom stereocenters. The topological polar surface area (TPSA) is 42.2 Å². The minimum absolute atomic E-state index is 0.145. The van der Waals surface area contributed by atoms with Crippen LogP contribution in [0.4, 0.5) is 18.9 Å².